The Morgan fingerprint density at radius 1 is 1.53 bits per heavy atom. The van der Waals surface area contributed by atoms with E-state index in [1.54, 1.807) is 0 Å². The Hall–Kier alpha value is -2.18. The van der Waals surface area contributed by atoms with E-state index in [1.165, 1.54) is 0 Å². The van der Waals surface area contributed by atoms with E-state index in [2.05, 4.69) is 5.32 Å². The number of hydrogen-bond donors (Lipinski definition) is 2. The third kappa shape index (κ3) is 3.22. The van der Waals surface area contributed by atoms with Gasteiger partial charge in [0.05, 0.1) is 17.5 Å². The Bertz CT molecular complexity index is 408. The fourth-order valence-corrected chi connectivity index (χ4v) is 0.971. The zero-order valence-electron chi connectivity index (χ0n) is 7.57. The third-order valence-corrected chi connectivity index (χ3v) is 1.56. The summed E-state index contributed by atoms with van der Waals surface area (Å²) in [6, 6.07) is 2.94. The van der Waals surface area contributed by atoms with Gasteiger partial charge in [-0.25, -0.2) is 4.39 Å². The molecule has 0 saturated heterocycles. The van der Waals surface area contributed by atoms with Crippen LogP contribution in [0.2, 0.25) is 0 Å². The summed E-state index contributed by atoms with van der Waals surface area (Å²) < 4.78 is 12.9. The van der Waals surface area contributed by atoms with E-state index in [-0.39, 0.29) is 17.9 Å². The van der Waals surface area contributed by atoms with E-state index in [4.69, 9.17) is 5.73 Å². The molecule has 0 aliphatic carbocycles. The Morgan fingerprint density at radius 3 is 2.73 bits per heavy atom. The molecule has 0 fully saturated rings. The van der Waals surface area contributed by atoms with Gasteiger partial charge >= 0.3 is 0 Å². The van der Waals surface area contributed by atoms with Crippen molar-refractivity contribution in [3.63, 3.8) is 0 Å². The first-order valence-corrected chi connectivity index (χ1v) is 3.96. The molecule has 0 saturated carbocycles. The Kier molecular flexibility index (Phi) is 3.17. The van der Waals surface area contributed by atoms with Crippen molar-refractivity contribution in [2.45, 2.75) is 0 Å². The molecule has 0 bridgehead atoms. The number of nitrogens with one attached hydrogen (secondary N) is 1. The van der Waals surface area contributed by atoms with Crippen molar-refractivity contribution in [2.75, 3.05) is 11.9 Å². The van der Waals surface area contributed by atoms with Gasteiger partial charge in [-0.2, -0.15) is 0 Å². The largest absolute Gasteiger partial charge is 0.376 e. The number of carbonyl (C=O) groups excluding carboxylic acids is 1. The first-order chi connectivity index (χ1) is 6.99. The number of nitro groups is 1. The summed E-state index contributed by atoms with van der Waals surface area (Å²) in [7, 11) is 0. The maximum absolute atomic E-state index is 12.9. The van der Waals surface area contributed by atoms with Crippen LogP contribution in [0.3, 0.4) is 0 Å². The van der Waals surface area contributed by atoms with E-state index >= 15 is 0 Å². The van der Waals surface area contributed by atoms with Crippen molar-refractivity contribution >= 4 is 17.3 Å². The number of nitrogens with two attached hydrogens (primary N) is 1. The Labute approximate surface area is 84.0 Å². The number of benzene rings is 1. The normalized spacial score (nSPS) is 9.67. The van der Waals surface area contributed by atoms with Crippen LogP contribution in [0.1, 0.15) is 0 Å². The van der Waals surface area contributed by atoms with Gasteiger partial charge in [-0.15, -0.1) is 0 Å². The van der Waals surface area contributed by atoms with Crippen LogP contribution in [0, 0.1) is 15.9 Å². The number of non-ortho nitro benzene ring substituents is 1. The number of anilines is 1. The van der Waals surface area contributed by atoms with Gasteiger partial charge in [0, 0.05) is 11.8 Å². The van der Waals surface area contributed by atoms with E-state index in [9.17, 15) is 19.3 Å². The Morgan fingerprint density at radius 2 is 2.20 bits per heavy atom. The molecule has 0 aliphatic rings. The second-order valence-electron chi connectivity index (χ2n) is 2.78. The van der Waals surface area contributed by atoms with Crippen molar-refractivity contribution in [1.82, 2.24) is 0 Å². The number of hydrogen-bond acceptors (Lipinski definition) is 4. The maximum Gasteiger partial charge on any atom is 0.274 e. The molecule has 3 N–H and O–H groups in total. The minimum atomic E-state index is -0.754. The van der Waals surface area contributed by atoms with Crippen molar-refractivity contribution in [2.24, 2.45) is 5.73 Å². The molecule has 0 aliphatic heterocycles. The van der Waals surface area contributed by atoms with Crippen LogP contribution < -0.4 is 11.1 Å². The molecule has 0 aromatic heterocycles. The quantitative estimate of drug-likeness (QED) is 0.566. The van der Waals surface area contributed by atoms with Crippen molar-refractivity contribution < 1.29 is 14.1 Å². The highest BCUT2D eigenvalue weighted by Gasteiger charge is 2.09. The number of halogens is 1. The molecule has 1 aromatic rings. The highest BCUT2D eigenvalue weighted by molar-refractivity contribution is 5.78. The van der Waals surface area contributed by atoms with E-state index < -0.39 is 16.6 Å². The summed E-state index contributed by atoms with van der Waals surface area (Å²) in [5, 5.41) is 12.8. The highest BCUT2D eigenvalue weighted by Crippen LogP contribution is 2.19. The second-order valence-corrected chi connectivity index (χ2v) is 2.78. The third-order valence-electron chi connectivity index (χ3n) is 1.56. The SMILES string of the molecule is NC(=O)CNc1cc(F)cc([N+](=O)[O-])c1. The van der Waals surface area contributed by atoms with Crippen LogP contribution in [0.5, 0.6) is 0 Å². The highest BCUT2D eigenvalue weighted by atomic mass is 19.1. The topological polar surface area (TPSA) is 98.3 Å². The van der Waals surface area contributed by atoms with Crippen molar-refractivity contribution in [3.05, 3.63) is 34.1 Å². The summed E-state index contributed by atoms with van der Waals surface area (Å²) in [5.41, 5.74) is 4.60. The summed E-state index contributed by atoms with van der Waals surface area (Å²) in [6.07, 6.45) is 0. The average molecular weight is 213 g/mol. The fraction of sp³-hybridized carbons (Fsp3) is 0.125. The molecule has 0 radical (unpaired) electrons. The van der Waals surface area contributed by atoms with Crippen LogP contribution in [0.25, 0.3) is 0 Å². The lowest BCUT2D eigenvalue weighted by atomic mass is 10.2. The molecular formula is C8H8FN3O3. The standard InChI is InChI=1S/C8H8FN3O3/c9-5-1-6(11-4-8(10)13)3-7(2-5)12(14)15/h1-3,11H,4H2,(H2,10,13). The van der Waals surface area contributed by atoms with Crippen LogP contribution in [-0.4, -0.2) is 17.4 Å². The number of primary amides is 1. The molecule has 7 heteroatoms. The minimum Gasteiger partial charge on any atom is -0.376 e. The summed E-state index contributed by atoms with van der Waals surface area (Å²) >= 11 is 0. The number of nitrogens with zero attached hydrogens (tertiary/aromatic N) is 1. The molecule has 6 nitrogen and oxygen atoms in total. The molecule has 0 atom stereocenters. The monoisotopic (exact) mass is 213 g/mol. The van der Waals surface area contributed by atoms with E-state index in [1.807, 2.05) is 0 Å². The van der Waals surface area contributed by atoms with Crippen molar-refractivity contribution in [3.8, 4) is 0 Å². The number of nitro benzene ring substituents is 1. The zero-order chi connectivity index (χ0) is 11.4. The van der Waals surface area contributed by atoms with E-state index in [0.717, 1.165) is 18.2 Å². The average Bonchev–Trinajstić information content (AvgIpc) is 2.13. The Balaban J connectivity index is 2.88. The number of amides is 1. The van der Waals surface area contributed by atoms with Gasteiger partial charge in [0.25, 0.3) is 5.69 Å². The lowest BCUT2D eigenvalue weighted by Crippen LogP contribution is -2.21. The van der Waals surface area contributed by atoms with Gasteiger partial charge in [0.2, 0.25) is 5.91 Å². The molecule has 15 heavy (non-hydrogen) atoms. The summed E-state index contributed by atoms with van der Waals surface area (Å²) in [5.74, 6) is -1.39. The number of carbonyl (C=O) groups is 1. The van der Waals surface area contributed by atoms with E-state index in [0.29, 0.717) is 0 Å². The molecule has 1 amide bonds. The van der Waals surface area contributed by atoms with Gasteiger partial charge in [0.15, 0.2) is 0 Å². The molecule has 0 heterocycles. The fourth-order valence-electron chi connectivity index (χ4n) is 0.971. The first-order valence-electron chi connectivity index (χ1n) is 3.96. The predicted molar refractivity (Wildman–Crippen MR) is 50.7 cm³/mol. The van der Waals surface area contributed by atoms with Crippen LogP contribution in [0.4, 0.5) is 15.8 Å². The van der Waals surface area contributed by atoms with Gasteiger partial charge in [-0.05, 0) is 6.07 Å². The van der Waals surface area contributed by atoms with Crippen molar-refractivity contribution in [1.29, 1.82) is 0 Å². The van der Waals surface area contributed by atoms with Gasteiger partial charge in [-0.3, -0.25) is 14.9 Å². The maximum atomic E-state index is 12.9. The first kappa shape index (κ1) is 10.9. The second kappa shape index (κ2) is 4.36. The lowest BCUT2D eigenvalue weighted by molar-refractivity contribution is -0.385. The molecule has 1 rings (SSSR count). The summed E-state index contributed by atoms with van der Waals surface area (Å²) in [4.78, 5) is 20.0. The van der Waals surface area contributed by atoms with Gasteiger partial charge in [-0.1, -0.05) is 0 Å². The summed E-state index contributed by atoms with van der Waals surface area (Å²) in [6.45, 7) is -0.208. The molecule has 1 aromatic carbocycles. The predicted octanol–water partition coefficient (Wildman–Crippen LogP) is 0.631. The van der Waals surface area contributed by atoms with Crippen LogP contribution in [0.15, 0.2) is 18.2 Å². The van der Waals surface area contributed by atoms with Crippen LogP contribution in [-0.2, 0) is 4.79 Å². The smallest absolute Gasteiger partial charge is 0.274 e. The van der Waals surface area contributed by atoms with Gasteiger partial charge < -0.3 is 11.1 Å². The number of rotatable bonds is 4. The zero-order valence-corrected chi connectivity index (χ0v) is 7.57. The van der Waals surface area contributed by atoms with Gasteiger partial charge in [0.1, 0.15) is 5.82 Å². The lowest BCUT2D eigenvalue weighted by Gasteiger charge is -2.03. The molecule has 0 unspecified atom stereocenters. The minimum absolute atomic E-state index is 0.139. The van der Waals surface area contributed by atoms with Crippen LogP contribution >= 0.6 is 0 Å². The molecule has 0 spiro atoms. The molecule has 80 valence electrons. The molecular weight excluding hydrogens is 205 g/mol.